The van der Waals surface area contributed by atoms with E-state index in [1.165, 1.54) is 22.4 Å². The fourth-order valence-corrected chi connectivity index (χ4v) is 3.37. The van der Waals surface area contributed by atoms with Crippen LogP contribution in [0.2, 0.25) is 0 Å². The third-order valence-corrected chi connectivity index (χ3v) is 4.25. The summed E-state index contributed by atoms with van der Waals surface area (Å²) in [7, 11) is 2.19. The van der Waals surface area contributed by atoms with E-state index >= 15 is 0 Å². The molecule has 96 valence electrons. The molecule has 0 radical (unpaired) electrons. The maximum absolute atomic E-state index is 4.33. The topological polar surface area (TPSA) is 19.4 Å². The van der Waals surface area contributed by atoms with Gasteiger partial charge in [0.1, 0.15) is 0 Å². The second-order valence-corrected chi connectivity index (χ2v) is 5.55. The van der Waals surface area contributed by atoms with E-state index in [4.69, 9.17) is 0 Å². The number of anilines is 1. The minimum absolute atomic E-state index is 0.464. The Morgan fingerprint density at radius 2 is 2.05 bits per heavy atom. The molecule has 1 aromatic carbocycles. The molecule has 1 saturated heterocycles. The molecule has 0 aliphatic carbocycles. The van der Waals surface area contributed by atoms with E-state index in [-0.39, 0.29) is 0 Å². The molecule has 2 aliphatic rings. The molecule has 0 bridgehead atoms. The lowest BCUT2D eigenvalue weighted by atomic mass is 9.97. The first-order valence-corrected chi connectivity index (χ1v) is 6.79. The summed E-state index contributed by atoms with van der Waals surface area (Å²) in [5, 5.41) is 0. The van der Waals surface area contributed by atoms with Crippen LogP contribution in [0.5, 0.6) is 0 Å². The van der Waals surface area contributed by atoms with Crippen molar-refractivity contribution in [2.75, 3.05) is 25.2 Å². The minimum Gasteiger partial charge on any atom is -0.349 e. The second-order valence-electron chi connectivity index (χ2n) is 5.55. The first-order chi connectivity index (χ1) is 9.33. The van der Waals surface area contributed by atoms with Crippen LogP contribution < -0.4 is 4.90 Å². The third kappa shape index (κ3) is 1.65. The summed E-state index contributed by atoms with van der Waals surface area (Å²) >= 11 is 0. The molecule has 2 aliphatic heterocycles. The summed E-state index contributed by atoms with van der Waals surface area (Å²) in [6.45, 7) is 2.07. The van der Waals surface area contributed by atoms with Crippen molar-refractivity contribution >= 4 is 5.69 Å². The Bertz CT molecular complexity index is 569. The van der Waals surface area contributed by atoms with Crippen molar-refractivity contribution in [2.45, 2.75) is 12.5 Å². The Morgan fingerprint density at radius 1 is 1.16 bits per heavy atom. The zero-order valence-corrected chi connectivity index (χ0v) is 11.1. The van der Waals surface area contributed by atoms with E-state index in [1.807, 2.05) is 12.4 Å². The molecule has 19 heavy (non-hydrogen) atoms. The molecular weight excluding hydrogens is 234 g/mol. The average molecular weight is 251 g/mol. The smallest absolute Gasteiger partial charge is 0.0713 e. The number of likely N-dealkylation sites (N-methyl/N-ethyl adjacent to an activating group) is 1. The maximum Gasteiger partial charge on any atom is 0.0713 e. The van der Waals surface area contributed by atoms with Gasteiger partial charge in [-0.05, 0) is 36.2 Å². The number of benzene rings is 1. The molecule has 3 heteroatoms. The minimum atomic E-state index is 0.464. The lowest BCUT2D eigenvalue weighted by Crippen LogP contribution is -2.25. The fourth-order valence-electron chi connectivity index (χ4n) is 3.37. The molecular formula is C16H17N3. The highest BCUT2D eigenvalue weighted by Gasteiger charge is 2.34. The van der Waals surface area contributed by atoms with Gasteiger partial charge in [-0.25, -0.2) is 0 Å². The highest BCUT2D eigenvalue weighted by molar-refractivity contribution is 5.59. The van der Waals surface area contributed by atoms with Crippen molar-refractivity contribution in [2.24, 2.45) is 0 Å². The monoisotopic (exact) mass is 251 g/mol. The number of hydrogen-bond acceptors (Lipinski definition) is 3. The van der Waals surface area contributed by atoms with Crippen molar-refractivity contribution < 1.29 is 0 Å². The lowest BCUT2D eigenvalue weighted by Gasteiger charge is -2.25. The van der Waals surface area contributed by atoms with Gasteiger partial charge in [-0.2, -0.15) is 0 Å². The van der Waals surface area contributed by atoms with Crippen molar-refractivity contribution in [1.29, 1.82) is 0 Å². The highest BCUT2D eigenvalue weighted by atomic mass is 15.4. The number of aromatic nitrogens is 1. The van der Waals surface area contributed by atoms with Crippen molar-refractivity contribution in [3.05, 3.63) is 59.4 Å². The summed E-state index contributed by atoms with van der Waals surface area (Å²) in [5.41, 5.74) is 5.62. The van der Waals surface area contributed by atoms with Crippen LogP contribution in [0, 0.1) is 0 Å². The van der Waals surface area contributed by atoms with Crippen molar-refractivity contribution in [3.63, 3.8) is 0 Å². The van der Waals surface area contributed by atoms with Crippen LogP contribution in [0.15, 0.2) is 42.7 Å². The highest BCUT2D eigenvalue weighted by Crippen LogP contribution is 2.39. The first-order valence-electron chi connectivity index (χ1n) is 6.79. The molecule has 0 saturated carbocycles. The Morgan fingerprint density at radius 3 is 3.00 bits per heavy atom. The summed E-state index contributed by atoms with van der Waals surface area (Å²) in [5.74, 6) is 0. The van der Waals surface area contributed by atoms with Gasteiger partial charge in [0.2, 0.25) is 0 Å². The van der Waals surface area contributed by atoms with E-state index in [1.54, 1.807) is 0 Å². The van der Waals surface area contributed by atoms with E-state index in [2.05, 4.69) is 52.2 Å². The molecule has 3 heterocycles. The SMILES string of the molecule is CN1CC2c3ccccc3Cc3ccncc3N2C1. The van der Waals surface area contributed by atoms with E-state index in [0.29, 0.717) is 6.04 Å². The predicted octanol–water partition coefficient (Wildman–Crippen LogP) is 2.44. The normalized spacial score (nSPS) is 21.5. The van der Waals surface area contributed by atoms with Gasteiger partial charge in [-0.3, -0.25) is 9.88 Å². The zero-order valence-electron chi connectivity index (χ0n) is 11.1. The van der Waals surface area contributed by atoms with E-state index in [9.17, 15) is 0 Å². The number of rotatable bonds is 0. The largest absolute Gasteiger partial charge is 0.349 e. The lowest BCUT2D eigenvalue weighted by molar-refractivity contribution is 0.411. The zero-order chi connectivity index (χ0) is 12.8. The van der Waals surface area contributed by atoms with Gasteiger partial charge in [0, 0.05) is 12.7 Å². The van der Waals surface area contributed by atoms with Crippen LogP contribution in [0.4, 0.5) is 5.69 Å². The first kappa shape index (κ1) is 11.0. The van der Waals surface area contributed by atoms with Gasteiger partial charge in [0.15, 0.2) is 0 Å². The van der Waals surface area contributed by atoms with Crippen LogP contribution in [-0.4, -0.2) is 30.1 Å². The van der Waals surface area contributed by atoms with Crippen LogP contribution in [0.3, 0.4) is 0 Å². The molecule has 4 rings (SSSR count). The van der Waals surface area contributed by atoms with Gasteiger partial charge in [-0.1, -0.05) is 24.3 Å². The molecule has 1 unspecified atom stereocenters. The molecule has 2 aromatic rings. The Labute approximate surface area is 113 Å². The quantitative estimate of drug-likeness (QED) is 0.717. The summed E-state index contributed by atoms with van der Waals surface area (Å²) in [6, 6.07) is 11.5. The molecule has 0 amide bonds. The van der Waals surface area contributed by atoms with Gasteiger partial charge in [0.25, 0.3) is 0 Å². The Balaban J connectivity index is 1.93. The van der Waals surface area contributed by atoms with Crippen molar-refractivity contribution in [1.82, 2.24) is 9.88 Å². The molecule has 1 atom stereocenters. The van der Waals surface area contributed by atoms with Crippen LogP contribution in [-0.2, 0) is 6.42 Å². The van der Waals surface area contributed by atoms with Crippen LogP contribution in [0.25, 0.3) is 0 Å². The Hall–Kier alpha value is -1.87. The third-order valence-electron chi connectivity index (χ3n) is 4.25. The van der Waals surface area contributed by atoms with Gasteiger partial charge < -0.3 is 4.90 Å². The summed E-state index contributed by atoms with van der Waals surface area (Å²) < 4.78 is 0. The standard InChI is InChI=1S/C16H17N3/c1-18-10-16-14-5-3-2-4-12(14)8-13-6-7-17-9-15(13)19(16)11-18/h2-7,9,16H,8,10-11H2,1H3. The molecule has 0 spiro atoms. The summed E-state index contributed by atoms with van der Waals surface area (Å²) in [6.07, 6.45) is 4.94. The van der Waals surface area contributed by atoms with Crippen molar-refractivity contribution in [3.8, 4) is 0 Å². The number of fused-ring (bicyclic) bond motifs is 5. The molecule has 1 aromatic heterocycles. The fraction of sp³-hybridized carbons (Fsp3) is 0.312. The van der Waals surface area contributed by atoms with Crippen LogP contribution >= 0.6 is 0 Å². The Kier molecular flexibility index (Phi) is 2.35. The predicted molar refractivity (Wildman–Crippen MR) is 76.2 cm³/mol. The summed E-state index contributed by atoms with van der Waals surface area (Å²) in [4.78, 5) is 9.20. The van der Waals surface area contributed by atoms with Crippen LogP contribution in [0.1, 0.15) is 22.7 Å². The molecule has 1 fully saturated rings. The number of pyridine rings is 1. The average Bonchev–Trinajstić information content (AvgIpc) is 2.76. The number of nitrogens with zero attached hydrogens (tertiary/aromatic N) is 3. The van der Waals surface area contributed by atoms with Gasteiger partial charge in [0.05, 0.1) is 24.6 Å². The van der Waals surface area contributed by atoms with Gasteiger partial charge in [-0.15, -0.1) is 0 Å². The second kappa shape index (κ2) is 4.07. The molecule has 0 N–H and O–H groups in total. The van der Waals surface area contributed by atoms with Gasteiger partial charge >= 0.3 is 0 Å². The maximum atomic E-state index is 4.33. The van der Waals surface area contributed by atoms with E-state index < -0.39 is 0 Å². The number of hydrogen-bond donors (Lipinski definition) is 0. The van der Waals surface area contributed by atoms with E-state index in [0.717, 1.165) is 19.6 Å². The molecule has 3 nitrogen and oxygen atoms in total.